The van der Waals surface area contributed by atoms with E-state index in [1.807, 2.05) is 24.3 Å². The number of furan rings is 1. The lowest BCUT2D eigenvalue weighted by molar-refractivity contribution is 0.0926. The van der Waals surface area contributed by atoms with Crippen molar-refractivity contribution < 1.29 is 9.21 Å². The second kappa shape index (κ2) is 8.85. The van der Waals surface area contributed by atoms with E-state index in [1.54, 1.807) is 19.2 Å². The third kappa shape index (κ3) is 5.34. The lowest BCUT2D eigenvalue weighted by Crippen LogP contribution is -2.41. The summed E-state index contributed by atoms with van der Waals surface area (Å²) in [7, 11) is 1.68. The number of halogens is 1. The van der Waals surface area contributed by atoms with Gasteiger partial charge in [-0.2, -0.15) is 0 Å². The van der Waals surface area contributed by atoms with Crippen LogP contribution in [0.15, 0.2) is 52.1 Å². The number of hydrogen-bond acceptors (Lipinski definition) is 3. The number of rotatable bonds is 6. The van der Waals surface area contributed by atoms with Crippen LogP contribution in [0.2, 0.25) is 5.02 Å². The van der Waals surface area contributed by atoms with Crippen LogP contribution >= 0.6 is 11.6 Å². The Bertz CT molecular complexity index is 656. The van der Waals surface area contributed by atoms with E-state index in [-0.39, 0.29) is 5.91 Å². The summed E-state index contributed by atoms with van der Waals surface area (Å²) in [6, 6.07) is 10.9. The van der Waals surface area contributed by atoms with Gasteiger partial charge in [0.15, 0.2) is 11.7 Å². The molecule has 23 heavy (non-hydrogen) atoms. The van der Waals surface area contributed by atoms with Gasteiger partial charge < -0.3 is 20.4 Å². The van der Waals surface area contributed by atoms with Crippen LogP contribution in [0, 0.1) is 0 Å². The van der Waals surface area contributed by atoms with E-state index in [4.69, 9.17) is 16.0 Å². The summed E-state index contributed by atoms with van der Waals surface area (Å²) >= 11 is 6.10. The van der Waals surface area contributed by atoms with Crippen LogP contribution < -0.4 is 16.0 Å². The fourth-order valence-corrected chi connectivity index (χ4v) is 2.10. The van der Waals surface area contributed by atoms with Crippen molar-refractivity contribution in [2.75, 3.05) is 20.1 Å². The Hall–Kier alpha value is -2.47. The maximum atomic E-state index is 11.7. The van der Waals surface area contributed by atoms with Gasteiger partial charge in [0.2, 0.25) is 0 Å². The van der Waals surface area contributed by atoms with Crippen LogP contribution in [0.3, 0.4) is 0 Å². The Labute approximate surface area is 139 Å². The zero-order valence-corrected chi connectivity index (χ0v) is 13.6. The summed E-state index contributed by atoms with van der Waals surface area (Å²) in [5, 5.41) is 9.73. The topological polar surface area (TPSA) is 78.7 Å². The van der Waals surface area contributed by atoms with E-state index in [1.165, 1.54) is 6.26 Å². The molecule has 1 aromatic heterocycles. The molecule has 6 nitrogen and oxygen atoms in total. The zero-order valence-electron chi connectivity index (χ0n) is 12.8. The van der Waals surface area contributed by atoms with Crippen molar-refractivity contribution in [2.45, 2.75) is 6.54 Å². The zero-order chi connectivity index (χ0) is 16.5. The smallest absolute Gasteiger partial charge is 0.287 e. The van der Waals surface area contributed by atoms with Gasteiger partial charge in [0.25, 0.3) is 5.91 Å². The fraction of sp³-hybridized carbons (Fsp3) is 0.250. The van der Waals surface area contributed by atoms with Crippen LogP contribution in [-0.4, -0.2) is 32.0 Å². The van der Waals surface area contributed by atoms with Gasteiger partial charge >= 0.3 is 0 Å². The largest absolute Gasteiger partial charge is 0.459 e. The molecule has 0 bridgehead atoms. The molecule has 0 unspecified atom stereocenters. The number of carbonyl (C=O) groups is 1. The molecular formula is C16H19ClN4O2. The molecule has 0 atom stereocenters. The van der Waals surface area contributed by atoms with Gasteiger partial charge in [-0.05, 0) is 23.8 Å². The quantitative estimate of drug-likeness (QED) is 0.429. The Kier molecular flexibility index (Phi) is 6.50. The summed E-state index contributed by atoms with van der Waals surface area (Å²) in [6.07, 6.45) is 1.47. The van der Waals surface area contributed by atoms with Crippen molar-refractivity contribution in [1.82, 2.24) is 16.0 Å². The van der Waals surface area contributed by atoms with Gasteiger partial charge in [0.1, 0.15) is 0 Å². The first kappa shape index (κ1) is 16.9. The number of amides is 1. The minimum absolute atomic E-state index is 0.240. The van der Waals surface area contributed by atoms with Gasteiger partial charge in [-0.3, -0.25) is 9.79 Å². The molecule has 1 heterocycles. The summed E-state index contributed by atoms with van der Waals surface area (Å²) in [6.45, 7) is 1.55. The Morgan fingerprint density at radius 3 is 2.61 bits per heavy atom. The molecule has 0 aliphatic heterocycles. The van der Waals surface area contributed by atoms with Gasteiger partial charge in [-0.1, -0.05) is 29.8 Å². The molecule has 2 aromatic rings. The van der Waals surface area contributed by atoms with E-state index < -0.39 is 0 Å². The predicted octanol–water partition coefficient (Wildman–Crippen LogP) is 2.03. The highest BCUT2D eigenvalue weighted by atomic mass is 35.5. The first-order chi connectivity index (χ1) is 11.2. The lowest BCUT2D eigenvalue weighted by Gasteiger charge is -2.12. The Morgan fingerprint density at radius 2 is 1.91 bits per heavy atom. The van der Waals surface area contributed by atoms with Crippen molar-refractivity contribution in [3.63, 3.8) is 0 Å². The number of nitrogens with one attached hydrogen (secondary N) is 3. The number of nitrogens with zero attached hydrogens (tertiary/aromatic N) is 1. The van der Waals surface area contributed by atoms with E-state index in [2.05, 4.69) is 20.9 Å². The van der Waals surface area contributed by atoms with Crippen molar-refractivity contribution in [2.24, 2.45) is 4.99 Å². The normalized spacial score (nSPS) is 11.1. The molecule has 3 N–H and O–H groups in total. The van der Waals surface area contributed by atoms with Crippen molar-refractivity contribution in [1.29, 1.82) is 0 Å². The summed E-state index contributed by atoms with van der Waals surface area (Å²) in [4.78, 5) is 15.8. The number of guanidine groups is 1. The summed E-state index contributed by atoms with van der Waals surface area (Å²) < 4.78 is 5.01. The molecule has 0 spiro atoms. The van der Waals surface area contributed by atoms with Crippen LogP contribution in [0.25, 0.3) is 0 Å². The van der Waals surface area contributed by atoms with E-state index in [0.29, 0.717) is 36.4 Å². The fourth-order valence-electron chi connectivity index (χ4n) is 1.89. The molecule has 0 radical (unpaired) electrons. The minimum atomic E-state index is -0.240. The Balaban J connectivity index is 1.69. The first-order valence-electron chi connectivity index (χ1n) is 7.20. The summed E-state index contributed by atoms with van der Waals surface area (Å²) in [5.74, 6) is 0.694. The van der Waals surface area contributed by atoms with Gasteiger partial charge in [-0.15, -0.1) is 0 Å². The monoisotopic (exact) mass is 334 g/mol. The third-order valence-corrected chi connectivity index (χ3v) is 3.44. The first-order valence-corrected chi connectivity index (χ1v) is 7.58. The highest BCUT2D eigenvalue weighted by Crippen LogP contribution is 2.14. The lowest BCUT2D eigenvalue weighted by atomic mass is 10.2. The van der Waals surface area contributed by atoms with Gasteiger partial charge in [0, 0.05) is 31.7 Å². The van der Waals surface area contributed by atoms with Crippen LogP contribution in [0.1, 0.15) is 16.1 Å². The molecule has 1 amide bonds. The molecule has 0 aliphatic rings. The maximum Gasteiger partial charge on any atom is 0.287 e. The highest BCUT2D eigenvalue weighted by Gasteiger charge is 2.07. The number of hydrogen-bond donors (Lipinski definition) is 3. The molecule has 1 aromatic carbocycles. The SMILES string of the molecule is CN=C(NCCNC(=O)c1ccco1)NCc1ccccc1Cl. The standard InChI is InChI=1S/C16H19ClN4O2/c1-18-16(21-11-12-5-2-3-6-13(12)17)20-9-8-19-15(22)14-7-4-10-23-14/h2-7,10H,8-9,11H2,1H3,(H,19,22)(H2,18,20,21). The Morgan fingerprint density at radius 1 is 1.13 bits per heavy atom. The molecule has 2 rings (SSSR count). The number of carbonyl (C=O) groups excluding carboxylic acids is 1. The van der Waals surface area contributed by atoms with Crippen molar-refractivity contribution in [3.05, 3.63) is 59.0 Å². The molecule has 0 saturated heterocycles. The maximum absolute atomic E-state index is 11.7. The molecule has 7 heteroatoms. The minimum Gasteiger partial charge on any atom is -0.459 e. The summed E-state index contributed by atoms with van der Waals surface area (Å²) in [5.41, 5.74) is 0.989. The third-order valence-electron chi connectivity index (χ3n) is 3.08. The molecule has 122 valence electrons. The molecule has 0 saturated carbocycles. The second-order valence-electron chi connectivity index (χ2n) is 4.68. The van der Waals surface area contributed by atoms with E-state index in [9.17, 15) is 4.79 Å². The van der Waals surface area contributed by atoms with Crippen molar-refractivity contribution >= 4 is 23.5 Å². The average Bonchev–Trinajstić information content (AvgIpc) is 3.10. The predicted molar refractivity (Wildman–Crippen MR) is 90.7 cm³/mol. The number of aliphatic imine (C=N–C) groups is 1. The number of benzene rings is 1. The second-order valence-corrected chi connectivity index (χ2v) is 5.08. The molecular weight excluding hydrogens is 316 g/mol. The van der Waals surface area contributed by atoms with Gasteiger partial charge in [0.05, 0.1) is 6.26 Å². The van der Waals surface area contributed by atoms with E-state index >= 15 is 0 Å². The van der Waals surface area contributed by atoms with E-state index in [0.717, 1.165) is 5.56 Å². The highest BCUT2D eigenvalue weighted by molar-refractivity contribution is 6.31. The average molecular weight is 335 g/mol. The van der Waals surface area contributed by atoms with Crippen LogP contribution in [0.5, 0.6) is 0 Å². The molecule has 0 aliphatic carbocycles. The van der Waals surface area contributed by atoms with Crippen molar-refractivity contribution in [3.8, 4) is 0 Å². The van der Waals surface area contributed by atoms with Crippen LogP contribution in [-0.2, 0) is 6.54 Å². The van der Waals surface area contributed by atoms with Gasteiger partial charge in [-0.25, -0.2) is 0 Å². The van der Waals surface area contributed by atoms with Crippen LogP contribution in [0.4, 0.5) is 0 Å². The molecule has 0 fully saturated rings.